The number of benzene rings is 2. The van der Waals surface area contributed by atoms with Gasteiger partial charge in [0.2, 0.25) is 5.91 Å². The van der Waals surface area contributed by atoms with Crippen LogP contribution in [0, 0.1) is 11.8 Å². The fourth-order valence-corrected chi connectivity index (χ4v) is 8.36. The first kappa shape index (κ1) is 22.5. The van der Waals surface area contributed by atoms with Crippen molar-refractivity contribution in [3.8, 4) is 0 Å². The highest BCUT2D eigenvalue weighted by molar-refractivity contribution is 7.93. The van der Waals surface area contributed by atoms with Gasteiger partial charge in [0.15, 0.2) is 0 Å². The summed E-state index contributed by atoms with van der Waals surface area (Å²) in [6.07, 6.45) is -0.939. The van der Waals surface area contributed by atoms with Crippen LogP contribution in [0.3, 0.4) is 0 Å². The molecule has 2 aromatic carbocycles. The van der Waals surface area contributed by atoms with E-state index in [-0.39, 0.29) is 17.1 Å². The Morgan fingerprint density at radius 3 is 2.66 bits per heavy atom. The molecule has 35 heavy (non-hydrogen) atoms. The topological polar surface area (TPSA) is 118 Å². The average Bonchev–Trinajstić information content (AvgIpc) is 3.27. The Hall–Kier alpha value is -2.95. The number of aliphatic hydroxyl groups excluding tert-OH is 1. The van der Waals surface area contributed by atoms with Crippen molar-refractivity contribution in [3.05, 3.63) is 46.7 Å². The van der Waals surface area contributed by atoms with E-state index < -0.39 is 45.9 Å². The SMILES string of the molecule is C[C@@H](O)[C@H]1C(=O)N2C(C(=O)[O-])=C(CN3c4c5c(cc6cccc(c46)S3(=O)=O)C[N+](C)(C)C5)[C@H](C)[C@H]12. The van der Waals surface area contributed by atoms with Gasteiger partial charge in [0.25, 0.3) is 10.0 Å². The van der Waals surface area contributed by atoms with Gasteiger partial charge in [-0.3, -0.25) is 9.10 Å². The highest BCUT2D eigenvalue weighted by Gasteiger charge is 2.59. The predicted octanol–water partition coefficient (Wildman–Crippen LogP) is 0.300. The van der Waals surface area contributed by atoms with E-state index in [0.717, 1.165) is 23.1 Å². The summed E-state index contributed by atoms with van der Waals surface area (Å²) in [5.41, 5.74) is 2.72. The van der Waals surface area contributed by atoms with Gasteiger partial charge < -0.3 is 24.4 Å². The molecule has 2 aromatic rings. The van der Waals surface area contributed by atoms with E-state index >= 15 is 0 Å². The monoisotopic (exact) mass is 497 g/mol. The van der Waals surface area contributed by atoms with E-state index in [4.69, 9.17) is 0 Å². The Labute approximate surface area is 203 Å². The number of aliphatic hydroxyl groups is 1. The van der Waals surface area contributed by atoms with Gasteiger partial charge in [0, 0.05) is 22.4 Å². The summed E-state index contributed by atoms with van der Waals surface area (Å²) in [5, 5.41) is 23.8. The predicted molar refractivity (Wildman–Crippen MR) is 125 cm³/mol. The lowest BCUT2D eigenvalue weighted by Gasteiger charge is -2.47. The summed E-state index contributed by atoms with van der Waals surface area (Å²) in [5.74, 6) is -3.16. The maximum Gasteiger partial charge on any atom is 0.265 e. The van der Waals surface area contributed by atoms with E-state index in [1.165, 1.54) is 16.1 Å². The number of rotatable bonds is 4. The van der Waals surface area contributed by atoms with Crippen molar-refractivity contribution in [3.63, 3.8) is 0 Å². The van der Waals surface area contributed by atoms with Gasteiger partial charge in [-0.1, -0.05) is 19.1 Å². The van der Waals surface area contributed by atoms with E-state index in [2.05, 4.69) is 20.2 Å². The van der Waals surface area contributed by atoms with Crippen LogP contribution in [0.5, 0.6) is 0 Å². The van der Waals surface area contributed by atoms with E-state index in [0.29, 0.717) is 27.7 Å². The highest BCUT2D eigenvalue weighted by atomic mass is 32.2. The zero-order chi connectivity index (χ0) is 25.2. The molecule has 1 amide bonds. The maximum absolute atomic E-state index is 13.8. The number of anilines is 1. The third-order valence-electron chi connectivity index (χ3n) is 8.12. The number of carboxylic acids is 1. The number of hydrogen-bond donors (Lipinski definition) is 1. The Kier molecular flexibility index (Phi) is 4.40. The third kappa shape index (κ3) is 2.78. The van der Waals surface area contributed by atoms with E-state index in [1.54, 1.807) is 19.1 Å². The Morgan fingerprint density at radius 2 is 2.00 bits per heavy atom. The van der Waals surface area contributed by atoms with Crippen molar-refractivity contribution in [2.24, 2.45) is 11.8 Å². The largest absolute Gasteiger partial charge is 0.543 e. The fraction of sp³-hybridized carbons (Fsp3) is 0.440. The standard InChI is InChI=1S/C25H27N3O6S/c1-12-16(23(25(31)32)27-21(12)19(13(2)29)24(27)30)9-26-22-17-11-28(3,4)10-15(17)8-14-6-5-7-18(20(14)22)35(26,33)34/h5-8,12-13,19,21,29H,9-11H2,1-4H3/t12-,13+,19+,21+/m0/s1. The minimum Gasteiger partial charge on any atom is -0.543 e. The molecule has 0 radical (unpaired) electrons. The molecule has 0 spiro atoms. The van der Waals surface area contributed by atoms with Gasteiger partial charge in [-0.15, -0.1) is 0 Å². The normalized spacial score (nSPS) is 28.4. The minimum atomic E-state index is -3.95. The summed E-state index contributed by atoms with van der Waals surface area (Å²) in [7, 11) is 0.235. The molecule has 0 saturated carbocycles. The van der Waals surface area contributed by atoms with E-state index in [9.17, 15) is 28.2 Å². The molecular formula is C25H27N3O6S. The summed E-state index contributed by atoms with van der Waals surface area (Å²) < 4.78 is 29.7. The Bertz CT molecular complexity index is 1490. The van der Waals surface area contributed by atoms with Crippen molar-refractivity contribution in [1.29, 1.82) is 0 Å². The van der Waals surface area contributed by atoms with Crippen molar-refractivity contribution in [2.45, 2.75) is 44.0 Å². The number of amides is 1. The van der Waals surface area contributed by atoms with Crippen LogP contribution >= 0.6 is 0 Å². The van der Waals surface area contributed by atoms with Crippen LogP contribution in [0.4, 0.5) is 5.69 Å². The molecule has 184 valence electrons. The van der Waals surface area contributed by atoms with Crippen molar-refractivity contribution in [2.75, 3.05) is 24.9 Å². The van der Waals surface area contributed by atoms with Crippen molar-refractivity contribution in [1.82, 2.24) is 4.90 Å². The molecule has 4 aliphatic heterocycles. The van der Waals surface area contributed by atoms with Crippen LogP contribution in [0.2, 0.25) is 0 Å². The molecule has 10 heteroatoms. The number of fused-ring (bicyclic) bond motifs is 3. The van der Waals surface area contributed by atoms with Crippen LogP contribution in [0.1, 0.15) is 25.0 Å². The van der Waals surface area contributed by atoms with Gasteiger partial charge >= 0.3 is 0 Å². The first-order valence-electron chi connectivity index (χ1n) is 11.7. The molecule has 1 saturated heterocycles. The molecule has 1 N–H and O–H groups in total. The third-order valence-corrected chi connectivity index (χ3v) is 9.91. The molecule has 4 heterocycles. The second kappa shape index (κ2) is 6.83. The number of nitrogens with zero attached hydrogens (tertiary/aromatic N) is 3. The number of hydrogen-bond acceptors (Lipinski definition) is 6. The molecule has 0 aromatic heterocycles. The maximum atomic E-state index is 13.8. The number of β-lactam (4-membered cyclic amide) rings is 1. The number of carbonyl (C=O) groups is 2. The van der Waals surface area contributed by atoms with Gasteiger partial charge in [0.05, 0.1) is 61.0 Å². The average molecular weight is 498 g/mol. The number of sulfonamides is 1. The molecule has 0 unspecified atom stereocenters. The minimum absolute atomic E-state index is 0.187. The zero-order valence-corrected chi connectivity index (χ0v) is 20.8. The van der Waals surface area contributed by atoms with E-state index in [1.807, 2.05) is 6.07 Å². The van der Waals surface area contributed by atoms with Crippen LogP contribution in [0.25, 0.3) is 10.8 Å². The molecule has 4 atom stereocenters. The Balaban J connectivity index is 1.53. The molecule has 4 aliphatic rings. The molecular weight excluding hydrogens is 470 g/mol. The fourth-order valence-electron chi connectivity index (χ4n) is 6.65. The van der Waals surface area contributed by atoms with Gasteiger partial charge in [-0.05, 0) is 30.0 Å². The van der Waals surface area contributed by atoms with Crippen molar-refractivity contribution >= 4 is 38.4 Å². The number of aliphatic carboxylic acids is 1. The molecule has 0 bridgehead atoms. The van der Waals surface area contributed by atoms with Gasteiger partial charge in [-0.2, -0.15) is 0 Å². The Morgan fingerprint density at radius 1 is 1.29 bits per heavy atom. The lowest BCUT2D eigenvalue weighted by atomic mass is 9.77. The lowest BCUT2D eigenvalue weighted by Crippen LogP contribution is -2.64. The van der Waals surface area contributed by atoms with Gasteiger partial charge in [-0.25, -0.2) is 8.42 Å². The van der Waals surface area contributed by atoms with Crippen LogP contribution in [-0.4, -0.2) is 67.6 Å². The molecule has 0 aliphatic carbocycles. The molecule has 9 nitrogen and oxygen atoms in total. The van der Waals surface area contributed by atoms with Crippen molar-refractivity contribution < 1.29 is 32.7 Å². The lowest BCUT2D eigenvalue weighted by molar-refractivity contribution is -0.909. The number of quaternary nitrogens is 1. The number of carbonyl (C=O) groups excluding carboxylic acids is 2. The molecule has 6 rings (SSSR count). The van der Waals surface area contributed by atoms with Crippen LogP contribution in [0.15, 0.2) is 40.4 Å². The highest BCUT2D eigenvalue weighted by Crippen LogP contribution is 2.51. The number of carboxylic acid groups (broad SMARTS) is 1. The second-order valence-corrected chi connectivity index (χ2v) is 12.7. The summed E-state index contributed by atoms with van der Waals surface area (Å²) in [6.45, 7) is 4.52. The van der Waals surface area contributed by atoms with Gasteiger partial charge in [0.1, 0.15) is 13.1 Å². The summed E-state index contributed by atoms with van der Waals surface area (Å²) in [4.78, 5) is 26.3. The first-order valence-corrected chi connectivity index (χ1v) is 13.2. The quantitative estimate of drug-likeness (QED) is 0.480. The van der Waals surface area contributed by atoms with Crippen LogP contribution in [-0.2, 0) is 32.7 Å². The summed E-state index contributed by atoms with van der Waals surface area (Å²) >= 11 is 0. The smallest absolute Gasteiger partial charge is 0.265 e. The molecule has 1 fully saturated rings. The summed E-state index contributed by atoms with van der Waals surface area (Å²) in [6, 6.07) is 6.75. The van der Waals surface area contributed by atoms with Crippen LogP contribution < -0.4 is 9.41 Å². The second-order valence-electron chi connectivity index (χ2n) is 10.9. The first-order chi connectivity index (χ1) is 16.3. The zero-order valence-electron chi connectivity index (χ0n) is 20.0.